The first-order valence-corrected chi connectivity index (χ1v) is 8.04. The summed E-state index contributed by atoms with van der Waals surface area (Å²) < 4.78 is 7.84. The first-order valence-electron chi connectivity index (χ1n) is 8.04. The minimum atomic E-state index is 0.189. The Hall–Kier alpha value is -2.18. The molecule has 1 unspecified atom stereocenters. The van der Waals surface area contributed by atoms with Crippen molar-refractivity contribution in [1.82, 2.24) is 14.5 Å². The second-order valence-corrected chi connectivity index (χ2v) is 5.61. The molecule has 6 heteroatoms. The zero-order chi connectivity index (χ0) is 16.2. The maximum absolute atomic E-state index is 6.10. The topological polar surface area (TPSA) is 92.0 Å². The van der Waals surface area contributed by atoms with Crippen LogP contribution in [0.15, 0.2) is 30.6 Å². The molecule has 4 N–H and O–H groups in total. The highest BCUT2D eigenvalue weighted by Gasteiger charge is 2.18. The highest BCUT2D eigenvalue weighted by Crippen LogP contribution is 2.30. The molecule has 0 aliphatic carbocycles. The van der Waals surface area contributed by atoms with E-state index in [9.17, 15) is 0 Å². The molecule has 0 amide bonds. The molecule has 3 aromatic rings. The summed E-state index contributed by atoms with van der Waals surface area (Å²) >= 11 is 0. The Kier molecular flexibility index (Phi) is 4.73. The zero-order valence-corrected chi connectivity index (χ0v) is 13.4. The largest absolute Gasteiger partial charge is 0.382 e. The molecule has 0 bridgehead atoms. The lowest BCUT2D eigenvalue weighted by Crippen LogP contribution is -2.16. The third-order valence-electron chi connectivity index (χ3n) is 4.09. The number of anilines is 1. The van der Waals surface area contributed by atoms with Crippen LogP contribution >= 0.6 is 0 Å². The molecular formula is C17H23N5O. The summed E-state index contributed by atoms with van der Waals surface area (Å²) in [7, 11) is 0. The number of nitrogens with two attached hydrogens (primary N) is 2. The first kappa shape index (κ1) is 15.7. The van der Waals surface area contributed by atoms with Crippen LogP contribution in [0.2, 0.25) is 0 Å². The van der Waals surface area contributed by atoms with Crippen LogP contribution in [-0.2, 0) is 4.74 Å². The van der Waals surface area contributed by atoms with Crippen molar-refractivity contribution in [3.05, 3.63) is 30.6 Å². The minimum Gasteiger partial charge on any atom is -0.382 e. The maximum Gasteiger partial charge on any atom is 0.152 e. The Morgan fingerprint density at radius 3 is 2.91 bits per heavy atom. The van der Waals surface area contributed by atoms with Gasteiger partial charge in [0.2, 0.25) is 0 Å². The SMILES string of the molecule is CCOCC(CCCN)n1cnc2c(N)nc3ccccc3c21. The number of pyridine rings is 1. The number of rotatable bonds is 7. The Morgan fingerprint density at radius 2 is 2.13 bits per heavy atom. The number of nitrogens with zero attached hydrogens (tertiary/aromatic N) is 3. The summed E-state index contributed by atoms with van der Waals surface area (Å²) in [6.07, 6.45) is 3.73. The smallest absolute Gasteiger partial charge is 0.152 e. The van der Waals surface area contributed by atoms with Crippen molar-refractivity contribution in [3.8, 4) is 0 Å². The van der Waals surface area contributed by atoms with Gasteiger partial charge in [-0.05, 0) is 32.4 Å². The quantitative estimate of drug-likeness (QED) is 0.699. The molecule has 0 saturated heterocycles. The van der Waals surface area contributed by atoms with E-state index in [2.05, 4.69) is 20.6 Å². The number of nitrogen functional groups attached to an aromatic ring is 1. The summed E-state index contributed by atoms with van der Waals surface area (Å²) in [6.45, 7) is 4.00. The fourth-order valence-electron chi connectivity index (χ4n) is 2.96. The number of benzene rings is 1. The van der Waals surface area contributed by atoms with E-state index < -0.39 is 0 Å². The van der Waals surface area contributed by atoms with Gasteiger partial charge in [-0.2, -0.15) is 0 Å². The predicted molar refractivity (Wildman–Crippen MR) is 93.3 cm³/mol. The van der Waals surface area contributed by atoms with Crippen LogP contribution in [0, 0.1) is 0 Å². The fraction of sp³-hybridized carbons (Fsp3) is 0.412. The van der Waals surface area contributed by atoms with E-state index in [4.69, 9.17) is 16.2 Å². The van der Waals surface area contributed by atoms with Crippen molar-refractivity contribution in [2.75, 3.05) is 25.5 Å². The molecule has 3 rings (SSSR count). The van der Waals surface area contributed by atoms with Gasteiger partial charge >= 0.3 is 0 Å². The van der Waals surface area contributed by atoms with Crippen molar-refractivity contribution in [2.45, 2.75) is 25.8 Å². The van der Waals surface area contributed by atoms with Gasteiger partial charge in [-0.3, -0.25) is 0 Å². The average Bonchev–Trinajstić information content (AvgIpc) is 3.01. The van der Waals surface area contributed by atoms with E-state index in [0.29, 0.717) is 25.6 Å². The maximum atomic E-state index is 6.10. The highest BCUT2D eigenvalue weighted by atomic mass is 16.5. The van der Waals surface area contributed by atoms with Gasteiger partial charge < -0.3 is 20.8 Å². The van der Waals surface area contributed by atoms with E-state index in [1.54, 1.807) is 0 Å². The number of imidazole rings is 1. The third-order valence-corrected chi connectivity index (χ3v) is 4.09. The van der Waals surface area contributed by atoms with E-state index in [0.717, 1.165) is 34.8 Å². The van der Waals surface area contributed by atoms with Crippen LogP contribution in [0.3, 0.4) is 0 Å². The second kappa shape index (κ2) is 6.93. The second-order valence-electron chi connectivity index (χ2n) is 5.61. The van der Waals surface area contributed by atoms with Crippen molar-refractivity contribution >= 4 is 27.8 Å². The monoisotopic (exact) mass is 313 g/mol. The number of aromatic nitrogens is 3. The molecular weight excluding hydrogens is 290 g/mol. The molecule has 0 spiro atoms. The number of fused-ring (bicyclic) bond motifs is 3. The first-order chi connectivity index (χ1) is 11.3. The molecule has 0 fully saturated rings. The Balaban J connectivity index is 2.15. The molecule has 2 aromatic heterocycles. The molecule has 1 aromatic carbocycles. The standard InChI is InChI=1S/C17H23N5O/c1-2-23-10-12(6-5-9-18)22-11-20-15-16(22)13-7-3-4-8-14(13)21-17(15)19/h3-4,7-8,11-12H,2,5-6,9-10,18H2,1H3,(H2,19,21). The molecule has 122 valence electrons. The molecule has 0 saturated carbocycles. The fourth-order valence-corrected chi connectivity index (χ4v) is 2.96. The highest BCUT2D eigenvalue weighted by molar-refractivity contribution is 6.06. The van der Waals surface area contributed by atoms with Crippen LogP contribution in [0.4, 0.5) is 5.82 Å². The summed E-state index contributed by atoms with van der Waals surface area (Å²) in [5.74, 6) is 0.464. The normalized spacial score (nSPS) is 13.0. The van der Waals surface area contributed by atoms with Gasteiger partial charge in [0.1, 0.15) is 5.52 Å². The molecule has 2 heterocycles. The van der Waals surface area contributed by atoms with Gasteiger partial charge in [-0.1, -0.05) is 18.2 Å². The van der Waals surface area contributed by atoms with Gasteiger partial charge in [-0.15, -0.1) is 0 Å². The van der Waals surface area contributed by atoms with Crippen molar-refractivity contribution in [2.24, 2.45) is 5.73 Å². The Labute approximate surface area is 135 Å². The lowest BCUT2D eigenvalue weighted by molar-refractivity contribution is 0.111. The van der Waals surface area contributed by atoms with E-state index >= 15 is 0 Å². The minimum absolute atomic E-state index is 0.189. The number of para-hydroxylation sites is 1. The van der Waals surface area contributed by atoms with Gasteiger partial charge in [0.15, 0.2) is 5.82 Å². The van der Waals surface area contributed by atoms with Crippen LogP contribution in [0.5, 0.6) is 0 Å². The van der Waals surface area contributed by atoms with Crippen molar-refractivity contribution < 1.29 is 4.74 Å². The van der Waals surface area contributed by atoms with Crippen LogP contribution < -0.4 is 11.5 Å². The van der Waals surface area contributed by atoms with Crippen molar-refractivity contribution in [3.63, 3.8) is 0 Å². The predicted octanol–water partition coefficient (Wildman–Crippen LogP) is 2.48. The lowest BCUT2D eigenvalue weighted by Gasteiger charge is -2.20. The summed E-state index contributed by atoms with van der Waals surface area (Å²) in [4.78, 5) is 8.95. The number of hydrogen-bond donors (Lipinski definition) is 2. The van der Waals surface area contributed by atoms with E-state index in [1.165, 1.54) is 0 Å². The molecule has 6 nitrogen and oxygen atoms in total. The van der Waals surface area contributed by atoms with Crippen LogP contribution in [-0.4, -0.2) is 34.3 Å². The number of ether oxygens (including phenoxy) is 1. The van der Waals surface area contributed by atoms with Gasteiger partial charge in [0, 0.05) is 12.0 Å². The Bertz CT molecular complexity index is 790. The summed E-state index contributed by atoms with van der Waals surface area (Å²) in [6, 6.07) is 8.19. The average molecular weight is 313 g/mol. The van der Waals surface area contributed by atoms with Gasteiger partial charge in [0.25, 0.3) is 0 Å². The third kappa shape index (κ3) is 3.00. The summed E-state index contributed by atoms with van der Waals surface area (Å²) in [5.41, 5.74) is 14.4. The van der Waals surface area contributed by atoms with Crippen LogP contribution in [0.25, 0.3) is 21.9 Å². The zero-order valence-electron chi connectivity index (χ0n) is 13.4. The molecule has 1 atom stereocenters. The molecule has 23 heavy (non-hydrogen) atoms. The number of hydrogen-bond acceptors (Lipinski definition) is 5. The van der Waals surface area contributed by atoms with Gasteiger partial charge in [0.05, 0.1) is 30.0 Å². The van der Waals surface area contributed by atoms with Gasteiger partial charge in [-0.25, -0.2) is 9.97 Å². The van der Waals surface area contributed by atoms with Crippen LogP contribution in [0.1, 0.15) is 25.8 Å². The Morgan fingerprint density at radius 1 is 1.30 bits per heavy atom. The molecule has 0 aliphatic rings. The summed E-state index contributed by atoms with van der Waals surface area (Å²) in [5, 5.41) is 1.06. The molecule has 0 aliphatic heterocycles. The van der Waals surface area contributed by atoms with E-state index in [1.807, 2.05) is 31.5 Å². The molecule has 0 radical (unpaired) electrons. The van der Waals surface area contributed by atoms with Crippen molar-refractivity contribution in [1.29, 1.82) is 0 Å². The van der Waals surface area contributed by atoms with E-state index in [-0.39, 0.29) is 6.04 Å². The lowest BCUT2D eigenvalue weighted by atomic mass is 10.1.